The Morgan fingerprint density at radius 2 is 1.82 bits per heavy atom. The van der Waals surface area contributed by atoms with Crippen LogP contribution in [-0.4, -0.2) is 0 Å². The molecule has 1 atom stereocenters. The van der Waals surface area contributed by atoms with E-state index in [2.05, 4.69) is 40.0 Å². The van der Waals surface area contributed by atoms with Crippen LogP contribution >= 0.6 is 0 Å². The molecule has 11 heavy (non-hydrogen) atoms. The molecule has 0 N–H and O–H groups in total. The zero-order valence-corrected chi connectivity index (χ0v) is 8.28. The standard InChI is InChI=1S/C11H20/c1-6-10(4)11(5)8-7-9(2)3/h9,11H,1,7-8H2,2-5H3. The number of hydrogen-bond donors (Lipinski definition) is 0. The van der Waals surface area contributed by atoms with Gasteiger partial charge in [-0.2, -0.15) is 0 Å². The number of rotatable bonds is 4. The van der Waals surface area contributed by atoms with Crippen molar-refractivity contribution in [2.24, 2.45) is 11.8 Å². The van der Waals surface area contributed by atoms with Crippen LogP contribution in [0.15, 0.2) is 17.9 Å². The molecule has 0 aromatic rings. The molecule has 0 heteroatoms. The summed E-state index contributed by atoms with van der Waals surface area (Å²) in [4.78, 5) is 0. The molecule has 0 aliphatic carbocycles. The van der Waals surface area contributed by atoms with Crippen LogP contribution in [0.1, 0.15) is 40.5 Å². The highest BCUT2D eigenvalue weighted by molar-refractivity contribution is 4.98. The lowest BCUT2D eigenvalue weighted by atomic mass is 9.94. The van der Waals surface area contributed by atoms with E-state index < -0.39 is 0 Å². The van der Waals surface area contributed by atoms with Crippen LogP contribution in [-0.2, 0) is 0 Å². The van der Waals surface area contributed by atoms with Crippen LogP contribution in [0.4, 0.5) is 0 Å². The average Bonchev–Trinajstić information content (AvgIpc) is 1.98. The van der Waals surface area contributed by atoms with E-state index in [1.165, 1.54) is 18.4 Å². The van der Waals surface area contributed by atoms with Crippen molar-refractivity contribution in [3.63, 3.8) is 0 Å². The highest BCUT2D eigenvalue weighted by atomic mass is 14.1. The van der Waals surface area contributed by atoms with Gasteiger partial charge in [-0.05, 0) is 30.8 Å². The van der Waals surface area contributed by atoms with Gasteiger partial charge < -0.3 is 0 Å². The highest BCUT2D eigenvalue weighted by Crippen LogP contribution is 2.17. The Hall–Kier alpha value is -0.480. The predicted molar refractivity (Wildman–Crippen MR) is 51.6 cm³/mol. The molecule has 0 aliphatic rings. The molecule has 0 bridgehead atoms. The van der Waals surface area contributed by atoms with Crippen LogP contribution in [0.5, 0.6) is 0 Å². The topological polar surface area (TPSA) is 0 Å². The minimum Gasteiger partial charge on any atom is -0.130 e. The van der Waals surface area contributed by atoms with E-state index in [-0.39, 0.29) is 0 Å². The third kappa shape index (κ3) is 4.86. The number of hydrogen-bond acceptors (Lipinski definition) is 0. The molecule has 0 amide bonds. The third-order valence-electron chi connectivity index (χ3n) is 2.20. The summed E-state index contributed by atoms with van der Waals surface area (Å²) in [5, 5.41) is 0. The van der Waals surface area contributed by atoms with Crippen molar-refractivity contribution >= 4 is 0 Å². The van der Waals surface area contributed by atoms with Gasteiger partial charge in [0.2, 0.25) is 0 Å². The first-order chi connectivity index (χ1) is 5.07. The predicted octanol–water partition coefficient (Wildman–Crippen LogP) is 3.79. The summed E-state index contributed by atoms with van der Waals surface area (Å²) in [5.41, 5.74) is 4.25. The summed E-state index contributed by atoms with van der Waals surface area (Å²) in [6.07, 6.45) is 2.58. The van der Waals surface area contributed by atoms with Gasteiger partial charge in [-0.15, -0.1) is 5.73 Å². The monoisotopic (exact) mass is 152 g/mol. The fourth-order valence-corrected chi connectivity index (χ4v) is 0.974. The Balaban J connectivity index is 3.70. The summed E-state index contributed by atoms with van der Waals surface area (Å²) >= 11 is 0. The first kappa shape index (κ1) is 10.5. The molecule has 0 radical (unpaired) electrons. The smallest absolute Gasteiger partial charge is 0.0158 e. The zero-order chi connectivity index (χ0) is 8.85. The second kappa shape index (κ2) is 5.21. The quantitative estimate of drug-likeness (QED) is 0.538. The van der Waals surface area contributed by atoms with Crippen LogP contribution in [0.2, 0.25) is 0 Å². The van der Waals surface area contributed by atoms with Crippen molar-refractivity contribution in [2.45, 2.75) is 40.5 Å². The fraction of sp³-hybridized carbons (Fsp3) is 0.727. The van der Waals surface area contributed by atoms with E-state index in [0.717, 1.165) is 5.92 Å². The molecule has 0 aromatic heterocycles. The van der Waals surface area contributed by atoms with Gasteiger partial charge in [0.05, 0.1) is 0 Å². The molecule has 0 fully saturated rings. The molecular weight excluding hydrogens is 132 g/mol. The molecule has 1 unspecified atom stereocenters. The maximum absolute atomic E-state index is 3.65. The largest absolute Gasteiger partial charge is 0.130 e. The van der Waals surface area contributed by atoms with Crippen molar-refractivity contribution in [3.05, 3.63) is 17.9 Å². The summed E-state index contributed by atoms with van der Waals surface area (Å²) < 4.78 is 0. The Bertz CT molecular complexity index is 147. The highest BCUT2D eigenvalue weighted by Gasteiger charge is 2.04. The Kier molecular flexibility index (Phi) is 4.98. The van der Waals surface area contributed by atoms with Crippen molar-refractivity contribution in [1.82, 2.24) is 0 Å². The maximum atomic E-state index is 3.65. The van der Waals surface area contributed by atoms with Gasteiger partial charge in [0.1, 0.15) is 0 Å². The summed E-state index contributed by atoms with van der Waals surface area (Å²) in [7, 11) is 0. The van der Waals surface area contributed by atoms with Gasteiger partial charge in [0.15, 0.2) is 0 Å². The van der Waals surface area contributed by atoms with Crippen molar-refractivity contribution in [3.8, 4) is 0 Å². The number of allylic oxidation sites excluding steroid dienone is 1. The lowest BCUT2D eigenvalue weighted by Gasteiger charge is -2.11. The van der Waals surface area contributed by atoms with Gasteiger partial charge in [-0.1, -0.05) is 33.8 Å². The summed E-state index contributed by atoms with van der Waals surface area (Å²) in [6.45, 7) is 12.5. The van der Waals surface area contributed by atoms with Crippen LogP contribution in [0.3, 0.4) is 0 Å². The van der Waals surface area contributed by atoms with Gasteiger partial charge in [-0.3, -0.25) is 0 Å². The van der Waals surface area contributed by atoms with Crippen LogP contribution < -0.4 is 0 Å². The minimum atomic E-state index is 0.662. The minimum absolute atomic E-state index is 0.662. The maximum Gasteiger partial charge on any atom is -0.0158 e. The van der Waals surface area contributed by atoms with Gasteiger partial charge in [0.25, 0.3) is 0 Å². The molecular formula is C11H20. The van der Waals surface area contributed by atoms with E-state index in [1.807, 2.05) is 0 Å². The summed E-state index contributed by atoms with van der Waals surface area (Å²) in [5.74, 6) is 1.48. The molecule has 0 spiro atoms. The molecule has 0 saturated heterocycles. The van der Waals surface area contributed by atoms with E-state index in [0.29, 0.717) is 5.92 Å². The molecule has 0 aromatic carbocycles. The zero-order valence-electron chi connectivity index (χ0n) is 8.28. The summed E-state index contributed by atoms with van der Waals surface area (Å²) in [6, 6.07) is 0. The van der Waals surface area contributed by atoms with Crippen molar-refractivity contribution in [2.75, 3.05) is 0 Å². The molecule has 0 rings (SSSR count). The first-order valence-electron chi connectivity index (χ1n) is 4.44. The fourth-order valence-electron chi connectivity index (χ4n) is 0.974. The van der Waals surface area contributed by atoms with Gasteiger partial charge >= 0.3 is 0 Å². The second-order valence-electron chi connectivity index (χ2n) is 3.73. The van der Waals surface area contributed by atoms with Gasteiger partial charge in [-0.25, -0.2) is 0 Å². The van der Waals surface area contributed by atoms with E-state index in [9.17, 15) is 0 Å². The molecule has 64 valence electrons. The second-order valence-corrected chi connectivity index (χ2v) is 3.73. The normalized spacial score (nSPS) is 12.8. The van der Waals surface area contributed by atoms with Crippen LogP contribution in [0, 0.1) is 11.8 Å². The van der Waals surface area contributed by atoms with E-state index in [1.54, 1.807) is 0 Å². The molecule has 0 aliphatic heterocycles. The Labute approximate surface area is 71.0 Å². The van der Waals surface area contributed by atoms with E-state index >= 15 is 0 Å². The molecule has 0 saturated carbocycles. The third-order valence-corrected chi connectivity index (χ3v) is 2.20. The van der Waals surface area contributed by atoms with E-state index in [4.69, 9.17) is 0 Å². The Morgan fingerprint density at radius 3 is 2.18 bits per heavy atom. The first-order valence-corrected chi connectivity index (χ1v) is 4.44. The van der Waals surface area contributed by atoms with Gasteiger partial charge in [0, 0.05) is 0 Å². The lowest BCUT2D eigenvalue weighted by Crippen LogP contribution is -1.98. The average molecular weight is 152 g/mol. The molecule has 0 nitrogen and oxygen atoms in total. The SMILES string of the molecule is C=C=C(C)C(C)CCC(C)C. The Morgan fingerprint density at radius 1 is 1.27 bits per heavy atom. The van der Waals surface area contributed by atoms with Crippen molar-refractivity contribution in [1.29, 1.82) is 0 Å². The lowest BCUT2D eigenvalue weighted by molar-refractivity contribution is 0.489. The van der Waals surface area contributed by atoms with Crippen molar-refractivity contribution < 1.29 is 0 Å². The van der Waals surface area contributed by atoms with Crippen LogP contribution in [0.25, 0.3) is 0 Å². The molecule has 0 heterocycles.